The van der Waals surface area contributed by atoms with Crippen molar-refractivity contribution in [1.82, 2.24) is 15.3 Å². The lowest BCUT2D eigenvalue weighted by Gasteiger charge is -2.50. The minimum Gasteiger partial charge on any atom is -0.343 e. The largest absolute Gasteiger partial charge is 0.343 e. The molecule has 0 bridgehead atoms. The first-order chi connectivity index (χ1) is 19.9. The Morgan fingerprint density at radius 3 is 2.40 bits per heavy atom. The number of carbonyl (C=O) groups excluding carboxylic acids is 2. The fourth-order valence-corrected chi connectivity index (χ4v) is 6.69. The van der Waals surface area contributed by atoms with E-state index in [1.165, 1.54) is 12.3 Å². The molecule has 2 aliphatic carbocycles. The normalized spacial score (nSPS) is 19.3. The number of allylic oxidation sites excluding steroid dienone is 1. The molecule has 1 aliphatic heterocycles. The molecule has 0 radical (unpaired) electrons. The van der Waals surface area contributed by atoms with Crippen LogP contribution in [0.4, 0.5) is 23.2 Å². The molecule has 1 unspecified atom stereocenters. The summed E-state index contributed by atoms with van der Waals surface area (Å²) in [7, 11) is 0. The summed E-state index contributed by atoms with van der Waals surface area (Å²) in [5, 5.41) is 5.67. The molecule has 226 valence electrons. The van der Waals surface area contributed by atoms with Crippen LogP contribution < -0.4 is 21.9 Å². The molecule has 7 nitrogen and oxygen atoms in total. The lowest BCUT2D eigenvalue weighted by molar-refractivity contribution is -0.137. The van der Waals surface area contributed by atoms with Gasteiger partial charge in [0.25, 0.3) is 17.7 Å². The van der Waals surface area contributed by atoms with E-state index in [9.17, 15) is 27.2 Å². The zero-order chi connectivity index (χ0) is 30.4. The van der Waals surface area contributed by atoms with E-state index in [1.54, 1.807) is 6.92 Å². The summed E-state index contributed by atoms with van der Waals surface area (Å²) in [6.07, 6.45) is 4.79. The predicted octanol–water partition coefficient (Wildman–Crippen LogP) is 5.89. The Hall–Kier alpha value is -3.60. The van der Waals surface area contributed by atoms with Gasteiger partial charge in [0.05, 0.1) is 22.4 Å². The number of halogens is 4. The number of amides is 2. The number of nitrogens with one attached hydrogen (secondary N) is 3. The highest BCUT2D eigenvalue weighted by Crippen LogP contribution is 2.52. The number of alkyl halides is 2. The zero-order valence-corrected chi connectivity index (χ0v) is 24.1. The molecule has 1 aromatic heterocycles. The summed E-state index contributed by atoms with van der Waals surface area (Å²) in [5.74, 6) is -0.469. The van der Waals surface area contributed by atoms with E-state index >= 15 is 0 Å². The van der Waals surface area contributed by atoms with Gasteiger partial charge >= 0.3 is 0 Å². The van der Waals surface area contributed by atoms with Gasteiger partial charge in [0.15, 0.2) is 11.6 Å². The number of aromatic nitrogens is 1. The van der Waals surface area contributed by atoms with Gasteiger partial charge in [-0.1, -0.05) is 19.4 Å². The quantitative estimate of drug-likeness (QED) is 0.127. The smallest absolute Gasteiger partial charge is 0.257 e. The molecule has 1 atom stereocenters. The summed E-state index contributed by atoms with van der Waals surface area (Å²) < 4.78 is 58.1. The summed E-state index contributed by atoms with van der Waals surface area (Å²) in [6, 6.07) is 3.14. The van der Waals surface area contributed by atoms with Crippen molar-refractivity contribution in [3.05, 3.63) is 69.7 Å². The molecule has 0 spiro atoms. The second-order valence-electron chi connectivity index (χ2n) is 11.8. The third kappa shape index (κ3) is 5.23. The van der Waals surface area contributed by atoms with Gasteiger partial charge in [0, 0.05) is 43.0 Å². The van der Waals surface area contributed by atoms with Crippen LogP contribution in [0.1, 0.15) is 86.1 Å². The molecule has 2 aromatic rings. The van der Waals surface area contributed by atoms with Gasteiger partial charge in [-0.2, -0.15) is 0 Å². The Labute approximate surface area is 242 Å². The van der Waals surface area contributed by atoms with Gasteiger partial charge in [0.1, 0.15) is 0 Å². The summed E-state index contributed by atoms with van der Waals surface area (Å²) in [4.78, 5) is 27.7. The number of carbonyl (C=O) groups is 2. The van der Waals surface area contributed by atoms with Crippen LogP contribution in [-0.2, 0) is 17.8 Å². The van der Waals surface area contributed by atoms with Crippen molar-refractivity contribution in [3.63, 3.8) is 0 Å². The van der Waals surface area contributed by atoms with Gasteiger partial charge in [-0.15, -0.1) is 0 Å². The second-order valence-corrected chi connectivity index (χ2v) is 11.8. The number of nitrogens with zero attached hydrogens (tertiary/aromatic N) is 1. The summed E-state index contributed by atoms with van der Waals surface area (Å²) >= 11 is 0. The molecule has 0 saturated heterocycles. The van der Waals surface area contributed by atoms with Crippen LogP contribution in [0.2, 0.25) is 0 Å². The SMILES string of the molecule is CCC(C)/C(=C\NN)C1(NC(=O)C(=C2CCC2)c2c(C)c(C(=O)Nc3ccc(F)c(F)c3)c3n2CCC3)CC(F)(F)C1. The fraction of sp³-hybridized carbons (Fsp3) is 0.484. The number of hydrogen-bond acceptors (Lipinski definition) is 4. The highest BCUT2D eigenvalue weighted by Gasteiger charge is 2.60. The maximum atomic E-state index is 14.4. The lowest BCUT2D eigenvalue weighted by atomic mass is 9.65. The van der Waals surface area contributed by atoms with E-state index in [0.29, 0.717) is 60.2 Å². The van der Waals surface area contributed by atoms with Crippen molar-refractivity contribution in [2.45, 2.75) is 90.1 Å². The topological polar surface area (TPSA) is 101 Å². The van der Waals surface area contributed by atoms with Crippen LogP contribution in [-0.4, -0.2) is 27.8 Å². The number of fused-ring (bicyclic) bond motifs is 1. The molecule has 5 N–H and O–H groups in total. The van der Waals surface area contributed by atoms with Crippen LogP contribution in [0.25, 0.3) is 5.57 Å². The number of anilines is 1. The van der Waals surface area contributed by atoms with Crippen molar-refractivity contribution in [2.75, 3.05) is 5.32 Å². The number of benzene rings is 1. The third-order valence-electron chi connectivity index (χ3n) is 9.00. The Bertz CT molecular complexity index is 1480. The van der Waals surface area contributed by atoms with Crippen molar-refractivity contribution < 1.29 is 27.2 Å². The molecule has 2 saturated carbocycles. The highest BCUT2D eigenvalue weighted by atomic mass is 19.3. The molecule has 42 heavy (non-hydrogen) atoms. The molecule has 2 heterocycles. The van der Waals surface area contributed by atoms with E-state index < -0.39 is 47.8 Å². The van der Waals surface area contributed by atoms with Gasteiger partial charge in [-0.3, -0.25) is 15.4 Å². The van der Waals surface area contributed by atoms with Crippen LogP contribution in [0, 0.1) is 24.5 Å². The summed E-state index contributed by atoms with van der Waals surface area (Å²) in [6.45, 7) is 6.22. The lowest BCUT2D eigenvalue weighted by Crippen LogP contribution is -2.64. The standard InChI is InChI=1S/C31H37F4N5O2/c1-4-17(2)21(14-37-36)30(15-31(34,35)16-30)39-29(42)26(19-7-5-8-19)27-18(3)25(24-9-6-12-40(24)27)28(41)38-20-10-11-22(32)23(33)13-20/h10-11,13-14,17,37H,4-9,12,15-16,36H2,1-3H3,(H,38,41)(H,39,42)/b21-14+. The first-order valence-electron chi connectivity index (χ1n) is 14.5. The van der Waals surface area contributed by atoms with Gasteiger partial charge in [0.2, 0.25) is 0 Å². The predicted molar refractivity (Wildman–Crippen MR) is 152 cm³/mol. The summed E-state index contributed by atoms with van der Waals surface area (Å²) in [5.41, 5.74) is 5.63. The molecule has 1 aromatic carbocycles. The van der Waals surface area contributed by atoms with Crippen LogP contribution in [0.3, 0.4) is 0 Å². The van der Waals surface area contributed by atoms with E-state index in [2.05, 4.69) is 16.1 Å². The van der Waals surface area contributed by atoms with E-state index in [-0.39, 0.29) is 11.6 Å². The average molecular weight is 588 g/mol. The number of hydrogen-bond donors (Lipinski definition) is 4. The first kappa shape index (κ1) is 29.9. The van der Waals surface area contributed by atoms with Crippen molar-refractivity contribution in [2.24, 2.45) is 11.8 Å². The van der Waals surface area contributed by atoms with Crippen molar-refractivity contribution in [1.29, 1.82) is 0 Å². The van der Waals surface area contributed by atoms with Crippen LogP contribution in [0.5, 0.6) is 0 Å². The molecule has 5 rings (SSSR count). The zero-order valence-electron chi connectivity index (χ0n) is 24.1. The molecule has 11 heteroatoms. The van der Waals surface area contributed by atoms with Gasteiger partial charge in [-0.05, 0) is 74.6 Å². The Morgan fingerprint density at radius 1 is 1.12 bits per heavy atom. The number of hydrazine groups is 1. The molecule has 2 amide bonds. The van der Waals surface area contributed by atoms with Crippen LogP contribution >= 0.6 is 0 Å². The van der Waals surface area contributed by atoms with E-state index in [4.69, 9.17) is 5.84 Å². The Kier molecular flexibility index (Phi) is 8.00. The molecule has 2 fully saturated rings. The second kappa shape index (κ2) is 11.2. The Balaban J connectivity index is 1.54. The fourth-order valence-electron chi connectivity index (χ4n) is 6.69. The third-order valence-corrected chi connectivity index (χ3v) is 9.00. The van der Waals surface area contributed by atoms with Crippen LogP contribution in [0.15, 0.2) is 35.5 Å². The van der Waals surface area contributed by atoms with Gasteiger partial charge < -0.3 is 20.6 Å². The number of nitrogens with two attached hydrogens (primary N) is 1. The highest BCUT2D eigenvalue weighted by molar-refractivity contribution is 6.22. The maximum Gasteiger partial charge on any atom is 0.257 e. The van der Waals surface area contributed by atoms with Crippen molar-refractivity contribution >= 4 is 23.1 Å². The average Bonchev–Trinajstić information content (AvgIpc) is 3.44. The van der Waals surface area contributed by atoms with Gasteiger partial charge in [-0.25, -0.2) is 17.6 Å². The molecular formula is C31H37F4N5O2. The minimum atomic E-state index is -2.92. The number of rotatable bonds is 9. The molecular weight excluding hydrogens is 550 g/mol. The molecule has 3 aliphatic rings. The van der Waals surface area contributed by atoms with E-state index in [1.807, 2.05) is 18.4 Å². The maximum absolute atomic E-state index is 14.4. The van der Waals surface area contributed by atoms with E-state index in [0.717, 1.165) is 36.2 Å². The van der Waals surface area contributed by atoms with Crippen molar-refractivity contribution in [3.8, 4) is 0 Å². The first-order valence-corrected chi connectivity index (χ1v) is 14.5. The monoisotopic (exact) mass is 587 g/mol. The minimum absolute atomic E-state index is 0.108. The Morgan fingerprint density at radius 2 is 1.83 bits per heavy atom.